The van der Waals surface area contributed by atoms with E-state index in [1.54, 1.807) is 60.8 Å². The third-order valence-corrected chi connectivity index (χ3v) is 6.35. The van der Waals surface area contributed by atoms with Crippen LogP contribution >= 0.6 is 23.2 Å². The van der Waals surface area contributed by atoms with Crippen LogP contribution < -0.4 is 15.8 Å². The van der Waals surface area contributed by atoms with Crippen LogP contribution in [0.15, 0.2) is 73.1 Å². The summed E-state index contributed by atoms with van der Waals surface area (Å²) in [5.41, 5.74) is 7.21. The Labute approximate surface area is 222 Å². The number of amides is 2. The normalized spacial score (nSPS) is 11.5. The Morgan fingerprint density at radius 1 is 1.05 bits per heavy atom. The van der Waals surface area contributed by atoms with Crippen LogP contribution in [0.5, 0.6) is 5.75 Å². The molecule has 2 amide bonds. The van der Waals surface area contributed by atoms with Crippen LogP contribution in [0, 0.1) is 0 Å². The molecular weight excluding hydrogens is 517 g/mol. The molecule has 0 spiro atoms. The predicted molar refractivity (Wildman–Crippen MR) is 139 cm³/mol. The maximum Gasteiger partial charge on any atom is 0.287 e. The number of ketones is 1. The zero-order valence-corrected chi connectivity index (χ0v) is 21.0. The molecule has 11 heteroatoms. The lowest BCUT2D eigenvalue weighted by Gasteiger charge is -2.17. The van der Waals surface area contributed by atoms with Crippen LogP contribution in [-0.2, 0) is 16.0 Å². The van der Waals surface area contributed by atoms with Crippen molar-refractivity contribution >= 4 is 40.8 Å². The third kappa shape index (κ3) is 5.79. The molecule has 2 aromatic heterocycles. The number of rotatable bonds is 9. The molecule has 188 valence electrons. The zero-order valence-electron chi connectivity index (χ0n) is 19.5. The van der Waals surface area contributed by atoms with E-state index in [1.165, 1.54) is 24.1 Å². The molecule has 4 aromatic rings. The first-order valence-electron chi connectivity index (χ1n) is 11.0. The van der Waals surface area contributed by atoms with Crippen molar-refractivity contribution in [1.82, 2.24) is 20.1 Å². The standard InChI is InChI=1S/C26H21Cl2N5O4/c1-37-16-9-7-15(8-10-16)14-21(23(34)24(29)35)31-26(36)18-5-3-12-30-25(18)33-13-11-20(32-33)17-4-2-6-19(27)22(17)28/h2-13,21H,14H2,1H3,(H2,29,35)(H,31,36). The number of aromatic nitrogens is 3. The number of hydrogen-bond acceptors (Lipinski definition) is 6. The van der Waals surface area contributed by atoms with Crippen molar-refractivity contribution in [3.8, 4) is 22.8 Å². The molecule has 0 radical (unpaired) electrons. The monoisotopic (exact) mass is 537 g/mol. The molecule has 0 saturated carbocycles. The van der Waals surface area contributed by atoms with Crippen molar-refractivity contribution in [2.24, 2.45) is 5.73 Å². The van der Waals surface area contributed by atoms with E-state index in [0.717, 1.165) is 0 Å². The number of carbonyl (C=O) groups is 3. The highest BCUT2D eigenvalue weighted by Gasteiger charge is 2.27. The minimum Gasteiger partial charge on any atom is -0.497 e. The van der Waals surface area contributed by atoms with E-state index < -0.39 is 23.6 Å². The van der Waals surface area contributed by atoms with E-state index in [9.17, 15) is 14.4 Å². The van der Waals surface area contributed by atoms with Crippen molar-refractivity contribution in [2.75, 3.05) is 7.11 Å². The number of halogens is 2. The number of nitrogens with zero attached hydrogens (tertiary/aromatic N) is 3. The highest BCUT2D eigenvalue weighted by Crippen LogP contribution is 2.32. The van der Waals surface area contributed by atoms with Crippen LogP contribution in [0.2, 0.25) is 10.0 Å². The maximum absolute atomic E-state index is 13.3. The van der Waals surface area contributed by atoms with Gasteiger partial charge in [0, 0.05) is 24.4 Å². The average Bonchev–Trinajstić information content (AvgIpc) is 3.39. The second kappa shape index (κ2) is 11.2. The van der Waals surface area contributed by atoms with Gasteiger partial charge in [-0.2, -0.15) is 5.10 Å². The summed E-state index contributed by atoms with van der Waals surface area (Å²) in [4.78, 5) is 41.8. The van der Waals surface area contributed by atoms with Crippen LogP contribution in [-0.4, -0.2) is 45.5 Å². The van der Waals surface area contributed by atoms with Crippen LogP contribution in [0.1, 0.15) is 15.9 Å². The van der Waals surface area contributed by atoms with E-state index in [4.69, 9.17) is 33.7 Å². The molecule has 0 aliphatic carbocycles. The summed E-state index contributed by atoms with van der Waals surface area (Å²) in [6.07, 6.45) is 3.17. The number of pyridine rings is 1. The topological polar surface area (TPSA) is 129 Å². The van der Waals surface area contributed by atoms with Gasteiger partial charge in [-0.15, -0.1) is 0 Å². The van der Waals surface area contributed by atoms with Crippen molar-refractivity contribution in [2.45, 2.75) is 12.5 Å². The summed E-state index contributed by atoms with van der Waals surface area (Å²) in [5, 5.41) is 7.85. The molecule has 0 fully saturated rings. The molecular formula is C26H21Cl2N5O4. The van der Waals surface area contributed by atoms with Crippen molar-refractivity contribution in [3.05, 3.63) is 94.2 Å². The first kappa shape index (κ1) is 25.9. The highest BCUT2D eigenvalue weighted by molar-refractivity contribution is 6.43. The van der Waals surface area contributed by atoms with Gasteiger partial charge in [0.05, 0.1) is 28.4 Å². The van der Waals surface area contributed by atoms with Gasteiger partial charge in [0.2, 0.25) is 5.78 Å². The molecule has 37 heavy (non-hydrogen) atoms. The Hall–Kier alpha value is -4.21. The predicted octanol–water partition coefficient (Wildman–Crippen LogP) is 3.65. The fourth-order valence-corrected chi connectivity index (χ4v) is 4.06. The van der Waals surface area contributed by atoms with Crippen LogP contribution in [0.25, 0.3) is 17.1 Å². The van der Waals surface area contributed by atoms with Gasteiger partial charge in [-0.25, -0.2) is 9.67 Å². The van der Waals surface area contributed by atoms with Crippen molar-refractivity contribution < 1.29 is 19.1 Å². The molecule has 9 nitrogen and oxygen atoms in total. The molecule has 0 bridgehead atoms. The average molecular weight is 538 g/mol. The Kier molecular flexibility index (Phi) is 7.86. The van der Waals surface area contributed by atoms with Crippen molar-refractivity contribution in [1.29, 1.82) is 0 Å². The summed E-state index contributed by atoms with van der Waals surface area (Å²) in [7, 11) is 1.53. The zero-order chi connectivity index (χ0) is 26.5. The molecule has 4 rings (SSSR count). The number of carbonyl (C=O) groups excluding carboxylic acids is 3. The van der Waals surface area contributed by atoms with E-state index in [-0.39, 0.29) is 17.8 Å². The largest absolute Gasteiger partial charge is 0.497 e. The molecule has 2 aromatic carbocycles. The Morgan fingerprint density at radius 2 is 1.81 bits per heavy atom. The number of benzene rings is 2. The van der Waals surface area contributed by atoms with E-state index in [2.05, 4.69) is 15.4 Å². The lowest BCUT2D eigenvalue weighted by atomic mass is 10.0. The van der Waals surface area contributed by atoms with Gasteiger partial charge in [0.1, 0.15) is 11.8 Å². The lowest BCUT2D eigenvalue weighted by Crippen LogP contribution is -2.47. The van der Waals surface area contributed by atoms with Gasteiger partial charge in [-0.1, -0.05) is 47.5 Å². The van der Waals surface area contributed by atoms with E-state index >= 15 is 0 Å². The quantitative estimate of drug-likeness (QED) is 0.313. The maximum atomic E-state index is 13.3. The number of primary amides is 1. The first-order chi connectivity index (χ1) is 17.8. The summed E-state index contributed by atoms with van der Waals surface area (Å²) in [6, 6.07) is 15.7. The molecule has 1 unspecified atom stereocenters. The Morgan fingerprint density at radius 3 is 2.51 bits per heavy atom. The summed E-state index contributed by atoms with van der Waals surface area (Å²) >= 11 is 12.4. The number of nitrogens with one attached hydrogen (secondary N) is 1. The van der Waals surface area contributed by atoms with Gasteiger partial charge in [-0.05, 0) is 42.0 Å². The molecule has 3 N–H and O–H groups in total. The smallest absolute Gasteiger partial charge is 0.287 e. The SMILES string of the molecule is COc1ccc(CC(NC(=O)c2cccnc2-n2ccc(-c3cccc(Cl)c3Cl)n2)C(=O)C(N)=O)cc1. The summed E-state index contributed by atoms with van der Waals surface area (Å²) < 4.78 is 6.55. The second-order valence-corrected chi connectivity index (χ2v) is 8.71. The molecule has 2 heterocycles. The fourth-order valence-electron chi connectivity index (χ4n) is 3.66. The number of methoxy groups -OCH3 is 1. The van der Waals surface area contributed by atoms with E-state index in [0.29, 0.717) is 32.6 Å². The Balaban J connectivity index is 1.62. The summed E-state index contributed by atoms with van der Waals surface area (Å²) in [5.74, 6) is -1.87. The van der Waals surface area contributed by atoms with Gasteiger partial charge < -0.3 is 15.8 Å². The van der Waals surface area contributed by atoms with Gasteiger partial charge in [-0.3, -0.25) is 14.4 Å². The lowest BCUT2D eigenvalue weighted by molar-refractivity contribution is -0.137. The van der Waals surface area contributed by atoms with Crippen LogP contribution in [0.4, 0.5) is 0 Å². The van der Waals surface area contributed by atoms with Gasteiger partial charge in [0.15, 0.2) is 5.82 Å². The van der Waals surface area contributed by atoms with Crippen molar-refractivity contribution in [3.63, 3.8) is 0 Å². The molecule has 0 aliphatic rings. The number of hydrogen-bond donors (Lipinski definition) is 2. The van der Waals surface area contributed by atoms with Gasteiger partial charge in [0.25, 0.3) is 11.8 Å². The third-order valence-electron chi connectivity index (χ3n) is 5.53. The van der Waals surface area contributed by atoms with E-state index in [1.807, 2.05) is 0 Å². The number of nitrogens with two attached hydrogens (primary N) is 1. The first-order valence-corrected chi connectivity index (χ1v) is 11.8. The Bertz CT molecular complexity index is 1470. The van der Waals surface area contributed by atoms with Crippen LogP contribution in [0.3, 0.4) is 0 Å². The molecule has 0 aliphatic heterocycles. The number of ether oxygens (including phenoxy) is 1. The second-order valence-electron chi connectivity index (χ2n) is 7.93. The minimum atomic E-state index is -1.19. The molecule has 0 saturated heterocycles. The van der Waals surface area contributed by atoms with Gasteiger partial charge >= 0.3 is 0 Å². The summed E-state index contributed by atoms with van der Waals surface area (Å²) in [6.45, 7) is 0. The molecule has 1 atom stereocenters. The highest BCUT2D eigenvalue weighted by atomic mass is 35.5. The minimum absolute atomic E-state index is 0.0479. The fraction of sp³-hybridized carbons (Fsp3) is 0.115. The number of Topliss-reactive ketones (excluding diaryl/α,β-unsaturated/α-hetero) is 1.